The highest BCUT2D eigenvalue weighted by atomic mass is 16.6. The number of aromatic nitrogens is 2. The van der Waals surface area contributed by atoms with Crippen molar-refractivity contribution in [3.05, 3.63) is 16.3 Å². The minimum atomic E-state index is -0.424. The summed E-state index contributed by atoms with van der Waals surface area (Å²) in [6.45, 7) is 2.20. The minimum absolute atomic E-state index is 0.0178. The Morgan fingerprint density at radius 2 is 2.59 bits per heavy atom. The van der Waals surface area contributed by atoms with Crippen molar-refractivity contribution in [3.63, 3.8) is 0 Å². The maximum Gasteiger partial charge on any atom is 0.330 e. The summed E-state index contributed by atoms with van der Waals surface area (Å²) in [6, 6.07) is 0. The van der Waals surface area contributed by atoms with Crippen molar-refractivity contribution in [2.75, 3.05) is 25.1 Å². The molecule has 7 nitrogen and oxygen atoms in total. The summed E-state index contributed by atoms with van der Waals surface area (Å²) in [5.41, 5.74) is 0.0178. The van der Waals surface area contributed by atoms with Gasteiger partial charge in [-0.2, -0.15) is 0 Å². The van der Waals surface area contributed by atoms with Crippen LogP contribution >= 0.6 is 0 Å². The van der Waals surface area contributed by atoms with Crippen molar-refractivity contribution in [2.24, 2.45) is 13.0 Å². The average Bonchev–Trinajstić information content (AvgIpc) is 2.69. The topological polar surface area (TPSA) is 82.2 Å². The number of rotatable bonds is 4. The number of aryl methyl sites for hydroxylation is 1. The molecule has 1 N–H and O–H groups in total. The van der Waals surface area contributed by atoms with Gasteiger partial charge in [-0.15, -0.1) is 5.10 Å². The number of nitrogens with one attached hydrogen (secondary N) is 1. The number of nitrogens with zero attached hydrogens (tertiary/aromatic N) is 3. The predicted molar refractivity (Wildman–Crippen MR) is 61.9 cm³/mol. The van der Waals surface area contributed by atoms with E-state index in [1.165, 1.54) is 10.9 Å². The Morgan fingerprint density at radius 3 is 3.24 bits per heavy atom. The second-order valence-electron chi connectivity index (χ2n) is 4.26. The molecular formula is C10H16N4O3. The third kappa shape index (κ3) is 2.94. The van der Waals surface area contributed by atoms with E-state index >= 15 is 0 Å². The Hall–Kier alpha value is -1.63. The Labute approximate surface area is 98.9 Å². The summed E-state index contributed by atoms with van der Waals surface area (Å²) < 4.78 is 6.80. The van der Waals surface area contributed by atoms with Gasteiger partial charge in [0.15, 0.2) is 0 Å². The van der Waals surface area contributed by atoms with Crippen molar-refractivity contribution in [3.8, 4) is 0 Å². The third-order valence-corrected chi connectivity index (χ3v) is 2.82. The van der Waals surface area contributed by atoms with Crippen molar-refractivity contribution in [2.45, 2.75) is 12.8 Å². The molecule has 1 atom stereocenters. The molecule has 2 heterocycles. The molecule has 0 aromatic carbocycles. The Morgan fingerprint density at radius 1 is 1.76 bits per heavy atom. The summed E-state index contributed by atoms with van der Waals surface area (Å²) in [6.07, 6.45) is 3.55. The van der Waals surface area contributed by atoms with E-state index in [1.54, 1.807) is 7.05 Å². The zero-order valence-electron chi connectivity index (χ0n) is 9.76. The molecule has 1 aromatic heterocycles. The zero-order chi connectivity index (χ0) is 12.3. The fraction of sp³-hybridized carbons (Fsp3) is 0.700. The van der Waals surface area contributed by atoms with Gasteiger partial charge in [0.1, 0.15) is 6.20 Å². The summed E-state index contributed by atoms with van der Waals surface area (Å²) in [7, 11) is 1.67. The van der Waals surface area contributed by atoms with Gasteiger partial charge >= 0.3 is 5.69 Å². The maximum atomic E-state index is 10.8. The van der Waals surface area contributed by atoms with Crippen LogP contribution in [-0.4, -0.2) is 34.5 Å². The first kappa shape index (κ1) is 11.8. The Balaban J connectivity index is 1.95. The number of hydrogen-bond donors (Lipinski definition) is 1. The molecule has 1 aromatic rings. The smallest absolute Gasteiger partial charge is 0.330 e. The molecule has 0 amide bonds. The molecule has 7 heteroatoms. The molecule has 0 spiro atoms. The standard InChI is InChI=1S/C10H16N4O3/c1-13-6-9(14(15)16)10(12-13)11-5-8-3-2-4-17-7-8/h6,8H,2-5,7H2,1H3,(H,11,12). The fourth-order valence-corrected chi connectivity index (χ4v) is 1.94. The molecule has 17 heavy (non-hydrogen) atoms. The molecule has 0 aliphatic carbocycles. The van der Waals surface area contributed by atoms with E-state index < -0.39 is 4.92 Å². The van der Waals surface area contributed by atoms with Crippen LogP contribution in [-0.2, 0) is 11.8 Å². The van der Waals surface area contributed by atoms with Gasteiger partial charge in [0.05, 0.1) is 11.5 Å². The van der Waals surface area contributed by atoms with Gasteiger partial charge in [-0.3, -0.25) is 14.8 Å². The molecule has 0 bridgehead atoms. The first-order valence-electron chi connectivity index (χ1n) is 5.66. The van der Waals surface area contributed by atoms with Crippen LogP contribution in [0.2, 0.25) is 0 Å². The van der Waals surface area contributed by atoms with Crippen LogP contribution in [0, 0.1) is 16.0 Å². The summed E-state index contributed by atoms with van der Waals surface area (Å²) in [4.78, 5) is 10.3. The Kier molecular flexibility index (Phi) is 3.58. The zero-order valence-corrected chi connectivity index (χ0v) is 9.76. The van der Waals surface area contributed by atoms with E-state index in [0.717, 1.165) is 19.4 Å². The molecular weight excluding hydrogens is 224 g/mol. The number of nitro groups is 1. The van der Waals surface area contributed by atoms with Gasteiger partial charge in [-0.1, -0.05) is 0 Å². The first-order valence-corrected chi connectivity index (χ1v) is 5.66. The molecule has 94 valence electrons. The lowest BCUT2D eigenvalue weighted by Crippen LogP contribution is -2.24. The highest BCUT2D eigenvalue weighted by molar-refractivity contribution is 5.54. The van der Waals surface area contributed by atoms with Crippen molar-refractivity contribution in [1.82, 2.24) is 9.78 Å². The van der Waals surface area contributed by atoms with Gasteiger partial charge in [0, 0.05) is 20.2 Å². The van der Waals surface area contributed by atoms with Crippen molar-refractivity contribution < 1.29 is 9.66 Å². The summed E-state index contributed by atoms with van der Waals surface area (Å²) >= 11 is 0. The van der Waals surface area contributed by atoms with Crippen LogP contribution in [0.1, 0.15) is 12.8 Å². The van der Waals surface area contributed by atoms with Crippen LogP contribution in [0.25, 0.3) is 0 Å². The van der Waals surface area contributed by atoms with Gasteiger partial charge in [0.25, 0.3) is 0 Å². The lowest BCUT2D eigenvalue weighted by Gasteiger charge is -2.21. The highest BCUT2D eigenvalue weighted by Crippen LogP contribution is 2.22. The SMILES string of the molecule is Cn1cc([N+](=O)[O-])c(NCC2CCCOC2)n1. The van der Waals surface area contributed by atoms with Gasteiger partial charge in [-0.25, -0.2) is 0 Å². The second kappa shape index (κ2) is 5.13. The number of ether oxygens (including phenoxy) is 1. The van der Waals surface area contributed by atoms with Crippen LogP contribution in [0.15, 0.2) is 6.20 Å². The van der Waals surface area contributed by atoms with Crippen LogP contribution < -0.4 is 5.32 Å². The molecule has 0 radical (unpaired) electrons. The fourth-order valence-electron chi connectivity index (χ4n) is 1.94. The first-order chi connectivity index (χ1) is 8.16. The van der Waals surface area contributed by atoms with Crippen molar-refractivity contribution >= 4 is 11.5 Å². The molecule has 1 aliphatic heterocycles. The average molecular weight is 240 g/mol. The second-order valence-corrected chi connectivity index (χ2v) is 4.26. The maximum absolute atomic E-state index is 10.8. The largest absolute Gasteiger partial charge is 0.381 e. The molecule has 1 aliphatic rings. The van der Waals surface area contributed by atoms with E-state index in [1.807, 2.05) is 0 Å². The van der Waals surface area contributed by atoms with Crippen molar-refractivity contribution in [1.29, 1.82) is 0 Å². The van der Waals surface area contributed by atoms with Gasteiger partial charge in [-0.05, 0) is 18.8 Å². The molecule has 1 saturated heterocycles. The highest BCUT2D eigenvalue weighted by Gasteiger charge is 2.20. The van der Waals surface area contributed by atoms with Gasteiger partial charge < -0.3 is 10.1 Å². The van der Waals surface area contributed by atoms with E-state index in [4.69, 9.17) is 4.74 Å². The van der Waals surface area contributed by atoms with E-state index in [2.05, 4.69) is 10.4 Å². The lowest BCUT2D eigenvalue weighted by atomic mass is 10.0. The van der Waals surface area contributed by atoms with Crippen LogP contribution in [0.5, 0.6) is 0 Å². The minimum Gasteiger partial charge on any atom is -0.381 e. The molecule has 1 unspecified atom stereocenters. The number of anilines is 1. The van der Waals surface area contributed by atoms with E-state index in [9.17, 15) is 10.1 Å². The van der Waals surface area contributed by atoms with E-state index in [0.29, 0.717) is 24.9 Å². The monoisotopic (exact) mass is 240 g/mol. The third-order valence-electron chi connectivity index (χ3n) is 2.82. The summed E-state index contributed by atoms with van der Waals surface area (Å²) in [5.74, 6) is 0.744. The normalized spacial score (nSPS) is 20.2. The molecule has 0 saturated carbocycles. The van der Waals surface area contributed by atoms with Crippen LogP contribution in [0.4, 0.5) is 11.5 Å². The van der Waals surface area contributed by atoms with Gasteiger partial charge in [0.2, 0.25) is 5.82 Å². The van der Waals surface area contributed by atoms with E-state index in [-0.39, 0.29) is 5.69 Å². The lowest BCUT2D eigenvalue weighted by molar-refractivity contribution is -0.384. The molecule has 1 fully saturated rings. The van der Waals surface area contributed by atoms with Crippen LogP contribution in [0.3, 0.4) is 0 Å². The quantitative estimate of drug-likeness (QED) is 0.631. The molecule has 2 rings (SSSR count). The summed E-state index contributed by atoms with van der Waals surface area (Å²) in [5, 5.41) is 17.8. The predicted octanol–water partition coefficient (Wildman–Crippen LogP) is 1.17. The Bertz CT molecular complexity index is 398. The number of hydrogen-bond acceptors (Lipinski definition) is 5.